The van der Waals surface area contributed by atoms with Gasteiger partial charge in [-0.15, -0.1) is 0 Å². The average Bonchev–Trinajstić information content (AvgIpc) is 1.96. The van der Waals surface area contributed by atoms with Crippen LogP contribution in [0.1, 0.15) is 20.8 Å². The molecule has 1 rings (SSSR count). The molecule has 0 saturated heterocycles. The third-order valence-corrected chi connectivity index (χ3v) is 2.65. The van der Waals surface area contributed by atoms with Crippen LogP contribution in [-0.2, 0) is 0 Å². The molecule has 0 saturated carbocycles. The fourth-order valence-electron chi connectivity index (χ4n) is 1.67. The van der Waals surface area contributed by atoms with Crippen LogP contribution in [0.2, 0.25) is 0 Å². The Hall–Kier alpha value is -0.720. The Morgan fingerprint density at radius 3 is 2.08 bits per heavy atom. The van der Waals surface area contributed by atoms with Gasteiger partial charge in [-0.2, -0.15) is 0 Å². The standard InChI is InChI=1S/C11H19N/c1-8-6-10(3)11(12(4)5)7-9(8)2/h6-9H,1-5H3/t8-,9+/m1/s1. The highest BCUT2D eigenvalue weighted by Gasteiger charge is 2.16. The minimum absolute atomic E-state index is 0.672. The predicted octanol–water partition coefficient (Wildman–Crippen LogP) is 2.66. The van der Waals surface area contributed by atoms with Crippen molar-refractivity contribution < 1.29 is 0 Å². The fraction of sp³-hybridized carbons (Fsp3) is 0.636. The van der Waals surface area contributed by atoms with Crippen LogP contribution in [0.5, 0.6) is 0 Å². The van der Waals surface area contributed by atoms with Crippen LogP contribution in [0.25, 0.3) is 0 Å². The van der Waals surface area contributed by atoms with E-state index < -0.39 is 0 Å². The Labute approximate surface area is 75.8 Å². The fourth-order valence-corrected chi connectivity index (χ4v) is 1.67. The van der Waals surface area contributed by atoms with Crippen molar-refractivity contribution >= 4 is 0 Å². The summed E-state index contributed by atoms with van der Waals surface area (Å²) in [6.45, 7) is 6.74. The quantitative estimate of drug-likeness (QED) is 0.577. The summed E-state index contributed by atoms with van der Waals surface area (Å²) in [7, 11) is 4.21. The van der Waals surface area contributed by atoms with E-state index in [1.165, 1.54) is 11.3 Å². The Balaban J connectivity index is 2.89. The Morgan fingerprint density at radius 2 is 1.58 bits per heavy atom. The lowest BCUT2D eigenvalue weighted by Gasteiger charge is -2.27. The van der Waals surface area contributed by atoms with Crippen molar-refractivity contribution in [3.63, 3.8) is 0 Å². The van der Waals surface area contributed by atoms with Gasteiger partial charge in [0.25, 0.3) is 0 Å². The normalized spacial score (nSPS) is 29.4. The van der Waals surface area contributed by atoms with Gasteiger partial charge in [-0.3, -0.25) is 0 Å². The van der Waals surface area contributed by atoms with E-state index in [-0.39, 0.29) is 0 Å². The maximum atomic E-state index is 2.36. The second-order valence-electron chi connectivity index (χ2n) is 4.01. The molecule has 0 aromatic carbocycles. The second kappa shape index (κ2) is 3.34. The number of hydrogen-bond donors (Lipinski definition) is 0. The Kier molecular flexibility index (Phi) is 2.61. The zero-order valence-electron chi connectivity index (χ0n) is 8.76. The number of likely N-dealkylation sites (N-methyl/N-ethyl adjacent to an activating group) is 1. The molecule has 0 aromatic rings. The Bertz CT molecular complexity index is 223. The summed E-state index contributed by atoms with van der Waals surface area (Å²) in [5, 5.41) is 0. The van der Waals surface area contributed by atoms with Gasteiger partial charge < -0.3 is 4.90 Å². The summed E-state index contributed by atoms with van der Waals surface area (Å²) >= 11 is 0. The summed E-state index contributed by atoms with van der Waals surface area (Å²) < 4.78 is 0. The first-order valence-electron chi connectivity index (χ1n) is 4.60. The highest BCUT2D eigenvalue weighted by atomic mass is 15.1. The summed E-state index contributed by atoms with van der Waals surface area (Å²) in [4.78, 5) is 2.19. The molecular weight excluding hydrogens is 146 g/mol. The van der Waals surface area contributed by atoms with E-state index in [9.17, 15) is 0 Å². The van der Waals surface area contributed by atoms with E-state index in [2.05, 4.69) is 51.9 Å². The summed E-state index contributed by atoms with van der Waals surface area (Å²) in [5.74, 6) is 1.36. The molecule has 1 aliphatic rings. The molecule has 0 radical (unpaired) electrons. The van der Waals surface area contributed by atoms with Crippen molar-refractivity contribution in [1.29, 1.82) is 0 Å². The SMILES string of the molecule is CC1=C[C@@H](C)[C@@H](C)C=C1N(C)C. The van der Waals surface area contributed by atoms with E-state index in [0.717, 1.165) is 0 Å². The van der Waals surface area contributed by atoms with Crippen LogP contribution < -0.4 is 0 Å². The molecule has 0 bridgehead atoms. The third-order valence-electron chi connectivity index (χ3n) is 2.65. The van der Waals surface area contributed by atoms with Crippen LogP contribution in [0.15, 0.2) is 23.4 Å². The van der Waals surface area contributed by atoms with Crippen LogP contribution in [-0.4, -0.2) is 19.0 Å². The van der Waals surface area contributed by atoms with Gasteiger partial charge in [0, 0.05) is 19.8 Å². The molecule has 0 unspecified atom stereocenters. The first-order chi connectivity index (χ1) is 5.52. The molecule has 0 aliphatic heterocycles. The molecule has 0 N–H and O–H groups in total. The highest BCUT2D eigenvalue weighted by Crippen LogP contribution is 2.27. The molecule has 0 spiro atoms. The molecule has 12 heavy (non-hydrogen) atoms. The maximum absolute atomic E-state index is 2.36. The number of allylic oxidation sites excluding steroid dienone is 3. The van der Waals surface area contributed by atoms with Crippen molar-refractivity contribution in [3.8, 4) is 0 Å². The van der Waals surface area contributed by atoms with E-state index in [1.54, 1.807) is 0 Å². The topological polar surface area (TPSA) is 3.24 Å². The van der Waals surface area contributed by atoms with E-state index >= 15 is 0 Å². The monoisotopic (exact) mass is 165 g/mol. The minimum Gasteiger partial charge on any atom is -0.378 e. The number of nitrogens with zero attached hydrogens (tertiary/aromatic N) is 1. The second-order valence-corrected chi connectivity index (χ2v) is 4.01. The van der Waals surface area contributed by atoms with E-state index in [4.69, 9.17) is 0 Å². The smallest absolute Gasteiger partial charge is 0.0350 e. The first-order valence-corrected chi connectivity index (χ1v) is 4.60. The summed E-state index contributed by atoms with van der Waals surface area (Å²) in [6, 6.07) is 0. The summed E-state index contributed by atoms with van der Waals surface area (Å²) in [6.07, 6.45) is 4.72. The van der Waals surface area contributed by atoms with Gasteiger partial charge in [-0.1, -0.05) is 26.0 Å². The molecule has 0 heterocycles. The van der Waals surface area contributed by atoms with Crippen molar-refractivity contribution in [1.82, 2.24) is 4.90 Å². The zero-order chi connectivity index (χ0) is 9.30. The molecule has 68 valence electrons. The molecule has 1 aliphatic carbocycles. The number of rotatable bonds is 1. The lowest BCUT2D eigenvalue weighted by molar-refractivity contribution is 0.472. The molecule has 1 nitrogen and oxygen atoms in total. The van der Waals surface area contributed by atoms with Gasteiger partial charge in [0.2, 0.25) is 0 Å². The largest absolute Gasteiger partial charge is 0.378 e. The average molecular weight is 165 g/mol. The molecular formula is C11H19N. The van der Waals surface area contributed by atoms with Crippen molar-refractivity contribution in [2.75, 3.05) is 14.1 Å². The molecule has 0 aromatic heterocycles. The van der Waals surface area contributed by atoms with Crippen molar-refractivity contribution in [3.05, 3.63) is 23.4 Å². The molecule has 0 amide bonds. The molecule has 2 atom stereocenters. The van der Waals surface area contributed by atoms with Crippen LogP contribution >= 0.6 is 0 Å². The lowest BCUT2D eigenvalue weighted by Crippen LogP contribution is -2.19. The highest BCUT2D eigenvalue weighted by molar-refractivity contribution is 5.32. The van der Waals surface area contributed by atoms with Crippen molar-refractivity contribution in [2.24, 2.45) is 11.8 Å². The van der Waals surface area contributed by atoms with Crippen LogP contribution in [0, 0.1) is 11.8 Å². The van der Waals surface area contributed by atoms with Gasteiger partial charge in [0.1, 0.15) is 0 Å². The van der Waals surface area contributed by atoms with E-state index in [1.807, 2.05) is 0 Å². The predicted molar refractivity (Wildman–Crippen MR) is 53.9 cm³/mol. The molecule has 1 heteroatoms. The third kappa shape index (κ3) is 1.71. The van der Waals surface area contributed by atoms with Gasteiger partial charge in [0.05, 0.1) is 0 Å². The van der Waals surface area contributed by atoms with Crippen LogP contribution in [0.4, 0.5) is 0 Å². The Morgan fingerprint density at radius 1 is 1.08 bits per heavy atom. The maximum Gasteiger partial charge on any atom is 0.0350 e. The van der Waals surface area contributed by atoms with Gasteiger partial charge in [-0.05, 0) is 24.3 Å². The summed E-state index contributed by atoms with van der Waals surface area (Å²) in [5.41, 5.74) is 2.78. The van der Waals surface area contributed by atoms with Gasteiger partial charge >= 0.3 is 0 Å². The minimum atomic E-state index is 0.672. The molecule has 0 fully saturated rings. The lowest BCUT2D eigenvalue weighted by atomic mass is 9.87. The van der Waals surface area contributed by atoms with Crippen LogP contribution in [0.3, 0.4) is 0 Å². The first kappa shape index (κ1) is 9.37. The van der Waals surface area contributed by atoms with Gasteiger partial charge in [0.15, 0.2) is 0 Å². The van der Waals surface area contributed by atoms with Crippen molar-refractivity contribution in [2.45, 2.75) is 20.8 Å². The van der Waals surface area contributed by atoms with E-state index in [0.29, 0.717) is 11.8 Å². The van der Waals surface area contributed by atoms with Gasteiger partial charge in [-0.25, -0.2) is 0 Å². The zero-order valence-corrected chi connectivity index (χ0v) is 8.76. The number of hydrogen-bond acceptors (Lipinski definition) is 1.